The lowest BCUT2D eigenvalue weighted by atomic mass is 10.1. The molecule has 40 heavy (non-hydrogen) atoms. The monoisotopic (exact) mass is 571 g/mol. The second-order valence-corrected chi connectivity index (χ2v) is 10.5. The number of nitrogens with zero attached hydrogens (tertiary/aromatic N) is 3. The number of esters is 2. The Bertz CT molecular complexity index is 1750. The van der Waals surface area contributed by atoms with E-state index in [0.717, 1.165) is 12.1 Å². The topological polar surface area (TPSA) is 135 Å². The summed E-state index contributed by atoms with van der Waals surface area (Å²) in [5, 5.41) is 17.8. The number of benzene rings is 4. The highest BCUT2D eigenvalue weighted by molar-refractivity contribution is 8.13. The number of nitriles is 1. The van der Waals surface area contributed by atoms with E-state index in [1.54, 1.807) is 78.9 Å². The van der Waals surface area contributed by atoms with Crippen molar-refractivity contribution in [3.8, 4) is 11.8 Å². The van der Waals surface area contributed by atoms with Crippen molar-refractivity contribution in [2.24, 2.45) is 10.2 Å². The molecule has 0 atom stereocenters. The van der Waals surface area contributed by atoms with Gasteiger partial charge in [0, 0.05) is 16.2 Å². The predicted octanol–water partition coefficient (Wildman–Crippen LogP) is 6.67. The lowest BCUT2D eigenvalue weighted by Gasteiger charge is -2.10. The minimum Gasteiger partial charge on any atom is -0.421 e. The van der Waals surface area contributed by atoms with E-state index in [1.165, 1.54) is 18.2 Å². The molecule has 0 saturated heterocycles. The molecule has 0 aliphatic heterocycles. The fourth-order valence-corrected chi connectivity index (χ4v) is 4.10. The number of hydrogen-bond acceptors (Lipinski definition) is 9. The molecule has 0 bridgehead atoms. The second-order valence-electron chi connectivity index (χ2n) is 7.93. The molecule has 4 aromatic carbocycles. The molecule has 11 heteroatoms. The third kappa shape index (κ3) is 7.05. The van der Waals surface area contributed by atoms with E-state index in [1.807, 2.05) is 6.07 Å². The Hall–Kier alpha value is -5.11. The number of azo groups is 1. The average molecular weight is 572 g/mol. The molecular weight excluding hydrogens is 554 g/mol. The summed E-state index contributed by atoms with van der Waals surface area (Å²) in [7, 11) is 1.30. The lowest BCUT2D eigenvalue weighted by Crippen LogP contribution is -2.08. The molecule has 0 aromatic heterocycles. The van der Waals surface area contributed by atoms with Gasteiger partial charge in [0.15, 0.2) is 11.5 Å². The van der Waals surface area contributed by atoms with Crippen LogP contribution in [0, 0.1) is 11.3 Å². The zero-order chi connectivity index (χ0) is 28.5. The normalized spacial score (nSPS) is 11.8. The van der Waals surface area contributed by atoms with E-state index < -0.39 is 26.7 Å². The van der Waals surface area contributed by atoms with Gasteiger partial charge in [-0.1, -0.05) is 66.7 Å². The van der Waals surface area contributed by atoms with Crippen LogP contribution in [0.2, 0.25) is 0 Å². The second kappa shape index (κ2) is 12.6. The molecule has 0 spiro atoms. The van der Waals surface area contributed by atoms with Crippen LogP contribution in [0.15, 0.2) is 130 Å². The van der Waals surface area contributed by atoms with Gasteiger partial charge >= 0.3 is 11.9 Å². The van der Waals surface area contributed by atoms with Gasteiger partial charge in [0.05, 0.1) is 16.0 Å². The molecule has 0 fully saturated rings. The fraction of sp³-hybridized carbons (Fsp3) is 0. The van der Waals surface area contributed by atoms with Gasteiger partial charge in [0.25, 0.3) is 9.05 Å². The molecule has 0 saturated carbocycles. The Morgan fingerprint density at radius 1 is 0.750 bits per heavy atom. The van der Waals surface area contributed by atoms with Crippen molar-refractivity contribution in [1.29, 1.82) is 5.26 Å². The van der Waals surface area contributed by atoms with E-state index in [9.17, 15) is 23.3 Å². The van der Waals surface area contributed by atoms with Gasteiger partial charge in [0.1, 0.15) is 11.8 Å². The summed E-state index contributed by atoms with van der Waals surface area (Å²) in [4.78, 5) is 25.1. The van der Waals surface area contributed by atoms with Crippen LogP contribution in [-0.2, 0) is 13.8 Å². The number of ether oxygens (including phenoxy) is 2. The SMILES string of the molecule is N#CC(/N=N/c1cc(S(=O)(=O)Cl)ccc1OC(=O)c1ccccc1)=C(\OC(=O)c1ccccc1)c1ccccc1. The molecular formula is C29H18ClN3O6S. The first-order chi connectivity index (χ1) is 19.3. The average Bonchev–Trinajstić information content (AvgIpc) is 2.98. The molecule has 4 aromatic rings. The molecule has 0 amide bonds. The van der Waals surface area contributed by atoms with E-state index >= 15 is 0 Å². The quantitative estimate of drug-likeness (QED) is 0.0575. The highest BCUT2D eigenvalue weighted by atomic mass is 35.7. The van der Waals surface area contributed by atoms with Crippen LogP contribution >= 0.6 is 10.7 Å². The third-order valence-electron chi connectivity index (χ3n) is 5.24. The number of allylic oxidation sites excluding steroid dienone is 1. The Labute approximate surface area is 234 Å². The van der Waals surface area contributed by atoms with E-state index in [-0.39, 0.29) is 33.2 Å². The number of carbonyl (C=O) groups is 2. The van der Waals surface area contributed by atoms with Crippen molar-refractivity contribution in [3.05, 3.63) is 132 Å². The van der Waals surface area contributed by atoms with E-state index in [0.29, 0.717) is 5.56 Å². The molecule has 4 rings (SSSR count). The smallest absolute Gasteiger partial charge is 0.343 e. The predicted molar refractivity (Wildman–Crippen MR) is 146 cm³/mol. The fourth-order valence-electron chi connectivity index (χ4n) is 3.33. The van der Waals surface area contributed by atoms with Gasteiger partial charge in [-0.25, -0.2) is 18.0 Å². The first kappa shape index (κ1) is 27.9. The van der Waals surface area contributed by atoms with Crippen molar-refractivity contribution < 1.29 is 27.5 Å². The maximum Gasteiger partial charge on any atom is 0.343 e. The van der Waals surface area contributed by atoms with Crippen molar-refractivity contribution in [2.75, 3.05) is 0 Å². The number of rotatable bonds is 8. The molecule has 0 radical (unpaired) electrons. The number of halogens is 1. The van der Waals surface area contributed by atoms with E-state index in [2.05, 4.69) is 10.2 Å². The summed E-state index contributed by atoms with van der Waals surface area (Å²) >= 11 is 0. The van der Waals surface area contributed by atoms with Gasteiger partial charge in [-0.15, -0.1) is 10.2 Å². The summed E-state index contributed by atoms with van der Waals surface area (Å²) in [6, 6.07) is 29.7. The Morgan fingerprint density at radius 2 is 1.27 bits per heavy atom. The zero-order valence-electron chi connectivity index (χ0n) is 20.5. The van der Waals surface area contributed by atoms with E-state index in [4.69, 9.17) is 20.2 Å². The molecule has 0 heterocycles. The lowest BCUT2D eigenvalue weighted by molar-refractivity contribution is 0.0688. The summed E-state index contributed by atoms with van der Waals surface area (Å²) in [5.41, 5.74) is 0.196. The van der Waals surface area contributed by atoms with Crippen LogP contribution in [0.4, 0.5) is 5.69 Å². The summed E-state index contributed by atoms with van der Waals surface area (Å²) in [5.74, 6) is -1.82. The number of carbonyl (C=O) groups excluding carboxylic acids is 2. The summed E-state index contributed by atoms with van der Waals surface area (Å²) in [6.45, 7) is 0. The first-order valence-corrected chi connectivity index (χ1v) is 13.8. The maximum atomic E-state index is 12.8. The Morgan fingerprint density at radius 3 is 1.80 bits per heavy atom. The van der Waals surface area contributed by atoms with Crippen LogP contribution in [-0.4, -0.2) is 20.4 Å². The van der Waals surface area contributed by atoms with Crippen LogP contribution in [0.3, 0.4) is 0 Å². The largest absolute Gasteiger partial charge is 0.421 e. The van der Waals surface area contributed by atoms with Gasteiger partial charge in [-0.05, 0) is 42.5 Å². The minimum absolute atomic E-state index is 0.151. The highest BCUT2D eigenvalue weighted by Crippen LogP contribution is 2.34. The molecule has 9 nitrogen and oxygen atoms in total. The van der Waals surface area contributed by atoms with Crippen LogP contribution in [0.1, 0.15) is 26.3 Å². The molecule has 0 aliphatic carbocycles. The van der Waals surface area contributed by atoms with Crippen molar-refractivity contribution in [3.63, 3.8) is 0 Å². The summed E-state index contributed by atoms with van der Waals surface area (Å²) < 4.78 is 34.9. The molecule has 0 N–H and O–H groups in total. The minimum atomic E-state index is -4.19. The van der Waals surface area contributed by atoms with Crippen LogP contribution < -0.4 is 4.74 Å². The van der Waals surface area contributed by atoms with Crippen molar-refractivity contribution >= 4 is 43.1 Å². The molecule has 0 aliphatic rings. The molecule has 198 valence electrons. The summed E-state index contributed by atoms with van der Waals surface area (Å²) in [6.07, 6.45) is 0. The van der Waals surface area contributed by atoms with Gasteiger partial charge in [-0.2, -0.15) is 5.26 Å². The number of hydrogen-bond donors (Lipinski definition) is 0. The maximum absolute atomic E-state index is 12.8. The van der Waals surface area contributed by atoms with Gasteiger partial charge < -0.3 is 9.47 Å². The van der Waals surface area contributed by atoms with Crippen molar-refractivity contribution in [1.82, 2.24) is 0 Å². The van der Waals surface area contributed by atoms with Crippen LogP contribution in [0.25, 0.3) is 5.76 Å². The Kier molecular flexibility index (Phi) is 8.81. The van der Waals surface area contributed by atoms with Crippen LogP contribution in [0.5, 0.6) is 5.75 Å². The zero-order valence-corrected chi connectivity index (χ0v) is 22.0. The Balaban J connectivity index is 1.78. The van der Waals surface area contributed by atoms with Crippen molar-refractivity contribution in [2.45, 2.75) is 4.90 Å². The first-order valence-electron chi connectivity index (χ1n) is 11.5. The molecule has 0 unspecified atom stereocenters. The third-order valence-corrected chi connectivity index (χ3v) is 6.59. The van der Waals surface area contributed by atoms with Gasteiger partial charge in [0.2, 0.25) is 5.70 Å². The van der Waals surface area contributed by atoms with Gasteiger partial charge in [-0.3, -0.25) is 0 Å². The highest BCUT2D eigenvalue weighted by Gasteiger charge is 2.19. The standard InChI is InChI=1S/C29H18ClN3O6S/c30-40(36,37)23-16-17-26(38-28(34)21-12-6-2-7-13-21)24(18-23)32-33-25(19-31)27(20-10-4-1-5-11-20)39-29(35)22-14-8-3-9-15-22/h1-18H/b27-25+,33-32+.